The maximum atomic E-state index is 13.4. The molecule has 3 N–H and O–H groups in total. The van der Waals surface area contributed by atoms with Crippen molar-refractivity contribution in [2.24, 2.45) is 18.9 Å². The van der Waals surface area contributed by atoms with Crippen molar-refractivity contribution in [1.82, 2.24) is 24.7 Å². The zero-order valence-electron chi connectivity index (χ0n) is 19.3. The zero-order chi connectivity index (χ0) is 24.5. The quantitative estimate of drug-likeness (QED) is 0.441. The number of carbonyl (C=O) groups excluding carboxylic acids is 2. The molecule has 0 unspecified atom stereocenters. The monoisotopic (exact) mass is 484 g/mol. The summed E-state index contributed by atoms with van der Waals surface area (Å²) in [6, 6.07) is 9.17. The lowest BCUT2D eigenvalue weighted by Gasteiger charge is -2.29. The van der Waals surface area contributed by atoms with Crippen molar-refractivity contribution in [3.8, 4) is 11.3 Å². The number of nitrogens with zero attached hydrogens (tertiary/aromatic N) is 3. The number of benzene rings is 1. The van der Waals surface area contributed by atoms with Gasteiger partial charge in [-0.1, -0.05) is 37.1 Å². The molecular formula is C23H28N6O4S. The average Bonchev–Trinajstić information content (AvgIpc) is 3.44. The van der Waals surface area contributed by atoms with E-state index in [9.17, 15) is 18.0 Å². The molecule has 0 saturated heterocycles. The fourth-order valence-electron chi connectivity index (χ4n) is 4.50. The van der Waals surface area contributed by atoms with Crippen LogP contribution >= 0.6 is 0 Å². The summed E-state index contributed by atoms with van der Waals surface area (Å²) in [5, 5.41) is 13.7. The molecule has 3 aromatic rings. The minimum Gasteiger partial charge on any atom is -0.322 e. The average molecular weight is 485 g/mol. The lowest BCUT2D eigenvalue weighted by molar-refractivity contribution is -0.122. The molecule has 4 rings (SSSR count). The second-order valence-corrected chi connectivity index (χ2v) is 10.4. The number of aromatic nitrogens is 4. The van der Waals surface area contributed by atoms with E-state index in [1.165, 1.54) is 25.0 Å². The van der Waals surface area contributed by atoms with Gasteiger partial charge in [0.05, 0.1) is 17.6 Å². The fourth-order valence-corrected chi connectivity index (χ4v) is 5.48. The topological polar surface area (TPSA) is 139 Å². The molecule has 2 atom stereocenters. The van der Waals surface area contributed by atoms with Crippen molar-refractivity contribution in [3.63, 3.8) is 0 Å². The van der Waals surface area contributed by atoms with Crippen LogP contribution in [0.1, 0.15) is 41.7 Å². The van der Waals surface area contributed by atoms with Crippen LogP contribution in [0.2, 0.25) is 0 Å². The lowest BCUT2D eigenvalue weighted by Crippen LogP contribution is -2.36. The second kappa shape index (κ2) is 9.51. The van der Waals surface area contributed by atoms with Crippen LogP contribution in [0.15, 0.2) is 41.6 Å². The number of ketones is 1. The number of sulfonamides is 1. The Morgan fingerprint density at radius 1 is 1.12 bits per heavy atom. The van der Waals surface area contributed by atoms with E-state index in [0.29, 0.717) is 18.4 Å². The zero-order valence-corrected chi connectivity index (χ0v) is 20.1. The van der Waals surface area contributed by atoms with Crippen molar-refractivity contribution in [3.05, 3.63) is 47.8 Å². The number of aryl methyl sites for hydroxylation is 2. The Labute approximate surface area is 198 Å². The van der Waals surface area contributed by atoms with Crippen molar-refractivity contribution < 1.29 is 18.0 Å². The number of H-pyrrole nitrogens is 1. The van der Waals surface area contributed by atoms with Gasteiger partial charge >= 0.3 is 0 Å². The standard InChI is InChI=1S/C23H28N6O4S/c1-14-12-19(28-27-14)15-8-10-16(11-9-15)21(30)17-6-4-5-7-18(17)22(31)26-20-13-25-29(3)23(20)34(32,33)24-2/h8-13,17-18,24H,4-7H2,1-3H3,(H,26,31)(H,27,28)/t17-,18-/m1/s1. The first kappa shape index (κ1) is 23.8. The lowest BCUT2D eigenvalue weighted by atomic mass is 9.75. The third-order valence-corrected chi connectivity index (χ3v) is 7.81. The Morgan fingerprint density at radius 2 is 1.79 bits per heavy atom. The summed E-state index contributed by atoms with van der Waals surface area (Å²) >= 11 is 0. The maximum Gasteiger partial charge on any atom is 0.259 e. The van der Waals surface area contributed by atoms with Gasteiger partial charge in [-0.25, -0.2) is 13.1 Å². The smallest absolute Gasteiger partial charge is 0.259 e. The summed E-state index contributed by atoms with van der Waals surface area (Å²) in [5.74, 6) is -1.49. The van der Waals surface area contributed by atoms with Gasteiger partial charge in [0.2, 0.25) is 5.91 Å². The molecular weight excluding hydrogens is 456 g/mol. The molecule has 1 saturated carbocycles. The number of anilines is 1. The second-order valence-electron chi connectivity index (χ2n) is 8.56. The molecule has 180 valence electrons. The number of carbonyl (C=O) groups is 2. The summed E-state index contributed by atoms with van der Waals surface area (Å²) in [6.45, 7) is 1.92. The third kappa shape index (κ3) is 4.66. The molecule has 0 radical (unpaired) electrons. The first-order valence-electron chi connectivity index (χ1n) is 11.1. The fraction of sp³-hybridized carbons (Fsp3) is 0.391. The van der Waals surface area contributed by atoms with Crippen LogP contribution in [0, 0.1) is 18.8 Å². The van der Waals surface area contributed by atoms with E-state index >= 15 is 0 Å². The van der Waals surface area contributed by atoms with Gasteiger partial charge in [0, 0.05) is 35.7 Å². The highest BCUT2D eigenvalue weighted by molar-refractivity contribution is 7.89. The molecule has 0 bridgehead atoms. The van der Waals surface area contributed by atoms with E-state index in [4.69, 9.17) is 0 Å². The van der Waals surface area contributed by atoms with Gasteiger partial charge in [-0.05, 0) is 32.9 Å². The number of Topliss-reactive ketones (excluding diaryl/α,β-unsaturated/α-hetero) is 1. The highest BCUT2D eigenvalue weighted by atomic mass is 32.2. The molecule has 0 spiro atoms. The van der Waals surface area contributed by atoms with Crippen LogP contribution < -0.4 is 10.0 Å². The Balaban J connectivity index is 1.54. The summed E-state index contributed by atoms with van der Waals surface area (Å²) in [4.78, 5) is 26.6. The number of rotatable bonds is 7. The Morgan fingerprint density at radius 3 is 2.41 bits per heavy atom. The molecule has 2 heterocycles. The van der Waals surface area contributed by atoms with E-state index in [-0.39, 0.29) is 22.4 Å². The Kier molecular flexibility index (Phi) is 6.67. The largest absolute Gasteiger partial charge is 0.322 e. The number of amides is 1. The SMILES string of the molecule is CNS(=O)(=O)c1c(NC(=O)[C@@H]2CCCC[C@H]2C(=O)c2ccc(-c3cc(C)[nH]n3)cc2)cnn1C. The van der Waals surface area contributed by atoms with Crippen molar-refractivity contribution >= 4 is 27.4 Å². The predicted molar refractivity (Wildman–Crippen MR) is 127 cm³/mol. The van der Waals surface area contributed by atoms with Gasteiger partial charge in [0.15, 0.2) is 10.8 Å². The van der Waals surface area contributed by atoms with Gasteiger partial charge < -0.3 is 5.32 Å². The Bertz CT molecular complexity index is 1310. The van der Waals surface area contributed by atoms with Crippen LogP contribution in [-0.2, 0) is 21.9 Å². The van der Waals surface area contributed by atoms with E-state index in [1.807, 2.05) is 25.1 Å². The minimum atomic E-state index is -3.83. The number of hydrogen-bond acceptors (Lipinski definition) is 6. The van der Waals surface area contributed by atoms with Crippen LogP contribution in [0.4, 0.5) is 5.69 Å². The molecule has 0 aliphatic heterocycles. The van der Waals surface area contributed by atoms with Gasteiger partial charge in [-0.15, -0.1) is 0 Å². The van der Waals surface area contributed by atoms with E-state index in [2.05, 4.69) is 25.3 Å². The van der Waals surface area contributed by atoms with E-state index in [0.717, 1.165) is 29.8 Å². The normalized spacial score (nSPS) is 18.6. The molecule has 34 heavy (non-hydrogen) atoms. The van der Waals surface area contributed by atoms with Crippen LogP contribution in [-0.4, -0.2) is 47.1 Å². The summed E-state index contributed by atoms with van der Waals surface area (Å²) in [7, 11) is -1.05. The molecule has 1 aromatic carbocycles. The molecule has 1 fully saturated rings. The number of nitrogens with one attached hydrogen (secondary N) is 3. The first-order valence-corrected chi connectivity index (χ1v) is 12.6. The van der Waals surface area contributed by atoms with Crippen LogP contribution in [0.25, 0.3) is 11.3 Å². The maximum absolute atomic E-state index is 13.4. The van der Waals surface area contributed by atoms with Crippen LogP contribution in [0.5, 0.6) is 0 Å². The van der Waals surface area contributed by atoms with Crippen molar-refractivity contribution in [1.29, 1.82) is 0 Å². The molecule has 2 aromatic heterocycles. The van der Waals surface area contributed by atoms with Crippen molar-refractivity contribution in [2.75, 3.05) is 12.4 Å². The van der Waals surface area contributed by atoms with Gasteiger partial charge in [-0.2, -0.15) is 10.2 Å². The molecule has 1 aliphatic carbocycles. The molecule has 10 nitrogen and oxygen atoms in total. The van der Waals surface area contributed by atoms with E-state index < -0.39 is 21.9 Å². The van der Waals surface area contributed by atoms with Crippen molar-refractivity contribution in [2.45, 2.75) is 37.6 Å². The van der Waals surface area contributed by atoms with Crippen LogP contribution in [0.3, 0.4) is 0 Å². The molecule has 1 amide bonds. The third-order valence-electron chi connectivity index (χ3n) is 6.28. The number of aromatic amines is 1. The minimum absolute atomic E-state index is 0.0844. The highest BCUT2D eigenvalue weighted by Gasteiger charge is 2.37. The highest BCUT2D eigenvalue weighted by Crippen LogP contribution is 2.34. The van der Waals surface area contributed by atoms with Gasteiger partial charge in [0.25, 0.3) is 10.0 Å². The summed E-state index contributed by atoms with van der Waals surface area (Å²) < 4.78 is 28.2. The van der Waals surface area contributed by atoms with Gasteiger partial charge in [0.1, 0.15) is 0 Å². The van der Waals surface area contributed by atoms with E-state index in [1.54, 1.807) is 12.1 Å². The molecule has 11 heteroatoms. The first-order chi connectivity index (χ1) is 16.2. The van der Waals surface area contributed by atoms with Gasteiger partial charge in [-0.3, -0.25) is 19.4 Å². The Hall–Kier alpha value is -3.31. The predicted octanol–water partition coefficient (Wildman–Crippen LogP) is 2.65. The number of hydrogen-bond donors (Lipinski definition) is 3. The molecule has 1 aliphatic rings. The summed E-state index contributed by atoms with van der Waals surface area (Å²) in [5.41, 5.74) is 3.28. The summed E-state index contributed by atoms with van der Waals surface area (Å²) in [6.07, 6.45) is 4.15.